The molecular formula is C16H23N5O2. The predicted molar refractivity (Wildman–Crippen MR) is 89.8 cm³/mol. The smallest absolute Gasteiger partial charge is 0.250 e. The minimum absolute atomic E-state index is 0.448. The molecule has 0 aliphatic carbocycles. The van der Waals surface area contributed by atoms with E-state index in [1.165, 1.54) is 0 Å². The first-order chi connectivity index (χ1) is 11.2. The van der Waals surface area contributed by atoms with E-state index in [0.29, 0.717) is 24.2 Å². The number of carbonyl (C=O) groups excluding carboxylic acids is 1. The summed E-state index contributed by atoms with van der Waals surface area (Å²) in [5, 5.41) is 3.40. The van der Waals surface area contributed by atoms with Gasteiger partial charge in [-0.2, -0.15) is 0 Å². The number of rotatable bonds is 5. The van der Waals surface area contributed by atoms with Crippen LogP contribution in [0.1, 0.15) is 16.8 Å². The summed E-state index contributed by atoms with van der Waals surface area (Å²) in [5.74, 6) is 0.436. The number of nitrogens with one attached hydrogen (secondary N) is 1. The molecule has 0 bridgehead atoms. The van der Waals surface area contributed by atoms with E-state index in [1.807, 2.05) is 12.1 Å². The molecule has 2 heterocycles. The van der Waals surface area contributed by atoms with Gasteiger partial charge in [-0.15, -0.1) is 0 Å². The van der Waals surface area contributed by atoms with Crippen molar-refractivity contribution >= 4 is 22.9 Å². The van der Waals surface area contributed by atoms with Gasteiger partial charge in [-0.25, -0.2) is 4.98 Å². The molecule has 7 heteroatoms. The molecule has 1 aliphatic heterocycles. The Kier molecular flexibility index (Phi) is 4.78. The fraction of sp³-hybridized carbons (Fsp3) is 0.500. The number of hydrogen-bond donors (Lipinski definition) is 2. The van der Waals surface area contributed by atoms with Gasteiger partial charge in [0.1, 0.15) is 5.52 Å². The zero-order valence-corrected chi connectivity index (χ0v) is 13.4. The van der Waals surface area contributed by atoms with Gasteiger partial charge >= 0.3 is 0 Å². The number of aromatic nitrogens is 2. The fourth-order valence-electron chi connectivity index (χ4n) is 3.02. The van der Waals surface area contributed by atoms with E-state index < -0.39 is 5.91 Å². The molecule has 3 N–H and O–H groups in total. The van der Waals surface area contributed by atoms with Gasteiger partial charge in [0.15, 0.2) is 0 Å². The average molecular weight is 317 g/mol. The van der Waals surface area contributed by atoms with Crippen LogP contribution in [0.3, 0.4) is 0 Å². The largest absolute Gasteiger partial charge is 0.383 e. The molecule has 3 rings (SSSR count). The quantitative estimate of drug-likeness (QED) is 0.842. The zero-order chi connectivity index (χ0) is 16.2. The third-order valence-electron chi connectivity index (χ3n) is 4.17. The standard InChI is InChI=1S/C16H23N5O2/c1-23-11-10-21-13-5-2-4-12(15(17)22)14(13)19-16(21)20-8-3-6-18-7-9-20/h2,4-5,18H,3,6-11H2,1H3,(H2,17,22). The molecule has 0 atom stereocenters. The predicted octanol–water partition coefficient (Wildman–Crippen LogP) is 0.581. The second-order valence-corrected chi connectivity index (χ2v) is 5.68. The minimum Gasteiger partial charge on any atom is -0.383 e. The monoisotopic (exact) mass is 317 g/mol. The lowest BCUT2D eigenvalue weighted by Gasteiger charge is -2.22. The number of anilines is 1. The van der Waals surface area contributed by atoms with Crippen LogP contribution in [0.4, 0.5) is 5.95 Å². The maximum atomic E-state index is 11.7. The number of nitrogens with two attached hydrogens (primary N) is 1. The number of amides is 1. The van der Waals surface area contributed by atoms with Gasteiger partial charge < -0.3 is 25.3 Å². The van der Waals surface area contributed by atoms with E-state index in [4.69, 9.17) is 15.5 Å². The molecule has 0 saturated carbocycles. The van der Waals surface area contributed by atoms with Crippen molar-refractivity contribution in [3.63, 3.8) is 0 Å². The molecule has 2 aromatic rings. The van der Waals surface area contributed by atoms with Crippen molar-refractivity contribution in [2.45, 2.75) is 13.0 Å². The van der Waals surface area contributed by atoms with Crippen LogP contribution in [0.2, 0.25) is 0 Å². The van der Waals surface area contributed by atoms with Gasteiger partial charge in [-0.3, -0.25) is 4.79 Å². The van der Waals surface area contributed by atoms with Gasteiger partial charge in [0.2, 0.25) is 5.95 Å². The summed E-state index contributed by atoms with van der Waals surface area (Å²) in [7, 11) is 1.68. The van der Waals surface area contributed by atoms with E-state index in [-0.39, 0.29) is 0 Å². The number of nitrogens with zero attached hydrogens (tertiary/aromatic N) is 3. The minimum atomic E-state index is -0.448. The Labute approximate surface area is 135 Å². The molecule has 23 heavy (non-hydrogen) atoms. The number of hydrogen-bond acceptors (Lipinski definition) is 5. The van der Waals surface area contributed by atoms with Crippen molar-refractivity contribution < 1.29 is 9.53 Å². The first kappa shape index (κ1) is 15.8. The molecule has 0 radical (unpaired) electrons. The number of fused-ring (bicyclic) bond motifs is 1. The maximum absolute atomic E-state index is 11.7. The number of primary amides is 1. The lowest BCUT2D eigenvalue weighted by molar-refractivity contribution is 0.100. The third-order valence-corrected chi connectivity index (χ3v) is 4.17. The van der Waals surface area contributed by atoms with Crippen molar-refractivity contribution in [1.29, 1.82) is 0 Å². The zero-order valence-electron chi connectivity index (χ0n) is 13.4. The number of carbonyl (C=O) groups is 1. The van der Waals surface area contributed by atoms with Gasteiger partial charge in [0.25, 0.3) is 5.91 Å². The Morgan fingerprint density at radius 3 is 3.04 bits per heavy atom. The number of methoxy groups -OCH3 is 1. The first-order valence-electron chi connectivity index (χ1n) is 7.96. The maximum Gasteiger partial charge on any atom is 0.250 e. The lowest BCUT2D eigenvalue weighted by atomic mass is 10.2. The number of benzene rings is 1. The second-order valence-electron chi connectivity index (χ2n) is 5.68. The van der Waals surface area contributed by atoms with E-state index in [9.17, 15) is 4.79 Å². The van der Waals surface area contributed by atoms with Crippen molar-refractivity contribution in [1.82, 2.24) is 14.9 Å². The number of para-hydroxylation sites is 1. The van der Waals surface area contributed by atoms with Crippen molar-refractivity contribution in [2.24, 2.45) is 5.73 Å². The van der Waals surface area contributed by atoms with Crippen LogP contribution in [-0.4, -0.2) is 55.4 Å². The molecule has 1 fully saturated rings. The summed E-state index contributed by atoms with van der Waals surface area (Å²) in [6.45, 7) is 5.05. The molecule has 1 amide bonds. The van der Waals surface area contributed by atoms with E-state index in [0.717, 1.165) is 44.1 Å². The molecule has 1 aromatic heterocycles. The van der Waals surface area contributed by atoms with Gasteiger partial charge in [-0.05, 0) is 25.1 Å². The molecule has 0 spiro atoms. The Morgan fingerprint density at radius 2 is 2.26 bits per heavy atom. The van der Waals surface area contributed by atoms with E-state index in [1.54, 1.807) is 13.2 Å². The Balaban J connectivity index is 2.10. The number of ether oxygens (including phenoxy) is 1. The summed E-state index contributed by atoms with van der Waals surface area (Å²) in [6.07, 6.45) is 1.07. The Hall–Kier alpha value is -2.12. The third kappa shape index (κ3) is 3.16. The molecule has 124 valence electrons. The normalized spacial score (nSPS) is 15.8. The average Bonchev–Trinajstić information content (AvgIpc) is 2.73. The first-order valence-corrected chi connectivity index (χ1v) is 7.96. The van der Waals surface area contributed by atoms with Gasteiger partial charge in [0, 0.05) is 33.3 Å². The van der Waals surface area contributed by atoms with Gasteiger partial charge in [0.05, 0.1) is 17.7 Å². The SMILES string of the molecule is COCCn1c(N2CCCNCC2)nc2c(C(N)=O)cccc21. The van der Waals surface area contributed by atoms with Crippen LogP contribution in [0.5, 0.6) is 0 Å². The highest BCUT2D eigenvalue weighted by Crippen LogP contribution is 2.25. The molecule has 1 aliphatic rings. The molecule has 0 unspecified atom stereocenters. The Morgan fingerprint density at radius 1 is 1.39 bits per heavy atom. The van der Waals surface area contributed by atoms with Crippen molar-refractivity contribution in [3.8, 4) is 0 Å². The van der Waals surface area contributed by atoms with Crippen LogP contribution in [-0.2, 0) is 11.3 Å². The second kappa shape index (κ2) is 6.97. The summed E-state index contributed by atoms with van der Waals surface area (Å²) < 4.78 is 7.36. The summed E-state index contributed by atoms with van der Waals surface area (Å²) in [6, 6.07) is 5.55. The van der Waals surface area contributed by atoms with E-state index >= 15 is 0 Å². The summed E-state index contributed by atoms with van der Waals surface area (Å²) in [5.41, 5.74) is 7.56. The fourth-order valence-corrected chi connectivity index (χ4v) is 3.02. The van der Waals surface area contributed by atoms with Gasteiger partial charge in [-0.1, -0.05) is 6.07 Å². The van der Waals surface area contributed by atoms with E-state index in [2.05, 4.69) is 14.8 Å². The lowest BCUT2D eigenvalue weighted by Crippen LogP contribution is -2.30. The van der Waals surface area contributed by atoms with Crippen molar-refractivity contribution in [3.05, 3.63) is 23.8 Å². The highest BCUT2D eigenvalue weighted by atomic mass is 16.5. The molecule has 1 saturated heterocycles. The van der Waals surface area contributed by atoms with Crippen LogP contribution < -0.4 is 16.0 Å². The van der Waals surface area contributed by atoms with Crippen LogP contribution in [0.25, 0.3) is 11.0 Å². The summed E-state index contributed by atoms with van der Waals surface area (Å²) >= 11 is 0. The highest BCUT2D eigenvalue weighted by Gasteiger charge is 2.20. The highest BCUT2D eigenvalue weighted by molar-refractivity contribution is 6.04. The molecular weight excluding hydrogens is 294 g/mol. The van der Waals surface area contributed by atoms with Crippen molar-refractivity contribution in [2.75, 3.05) is 44.8 Å². The van der Waals surface area contributed by atoms with Crippen LogP contribution in [0, 0.1) is 0 Å². The number of imidazole rings is 1. The van der Waals surface area contributed by atoms with Crippen LogP contribution in [0.15, 0.2) is 18.2 Å². The molecule has 1 aromatic carbocycles. The topological polar surface area (TPSA) is 85.4 Å². The molecule has 7 nitrogen and oxygen atoms in total. The van der Waals surface area contributed by atoms with Crippen LogP contribution >= 0.6 is 0 Å². The summed E-state index contributed by atoms with van der Waals surface area (Å²) in [4.78, 5) is 18.7. The Bertz CT molecular complexity index is 689.